The van der Waals surface area contributed by atoms with Crippen LogP contribution in [0.3, 0.4) is 0 Å². The van der Waals surface area contributed by atoms with Crippen LogP contribution in [0.1, 0.15) is 25.3 Å². The molecule has 0 N–H and O–H groups in total. The molecule has 0 saturated heterocycles. The van der Waals surface area contributed by atoms with Gasteiger partial charge in [-0.2, -0.15) is 0 Å². The van der Waals surface area contributed by atoms with E-state index >= 15 is 0 Å². The second-order valence-corrected chi connectivity index (χ2v) is 4.37. The first-order valence-electron chi connectivity index (χ1n) is 5.79. The van der Waals surface area contributed by atoms with Crippen LogP contribution in [0.5, 0.6) is 11.5 Å². The largest absolute Gasteiger partial charge is 0.454 e. The molecule has 18 heavy (non-hydrogen) atoms. The minimum absolute atomic E-state index is 0.0646. The fourth-order valence-electron chi connectivity index (χ4n) is 1.68. The molecule has 0 aliphatic rings. The lowest BCUT2D eigenvalue weighted by atomic mass is 10.0. The zero-order valence-corrected chi connectivity index (χ0v) is 10.3. The smallest absolute Gasteiger partial charge is 0.166 e. The molecule has 94 valence electrons. The fraction of sp³-hybridized carbons (Fsp3) is 0.200. The van der Waals surface area contributed by atoms with Gasteiger partial charge in [0, 0.05) is 6.07 Å². The summed E-state index contributed by atoms with van der Waals surface area (Å²) in [5, 5.41) is 0. The molecule has 0 atom stereocenters. The van der Waals surface area contributed by atoms with Crippen molar-refractivity contribution >= 4 is 0 Å². The van der Waals surface area contributed by atoms with Gasteiger partial charge in [0.15, 0.2) is 11.6 Å². The Kier molecular flexibility index (Phi) is 3.60. The van der Waals surface area contributed by atoms with E-state index in [2.05, 4.69) is 0 Å². The first kappa shape index (κ1) is 12.6. The summed E-state index contributed by atoms with van der Waals surface area (Å²) in [4.78, 5) is 0. The van der Waals surface area contributed by atoms with E-state index in [0.29, 0.717) is 11.3 Å². The van der Waals surface area contributed by atoms with Crippen LogP contribution in [0.25, 0.3) is 0 Å². The van der Waals surface area contributed by atoms with Gasteiger partial charge in [-0.25, -0.2) is 8.78 Å². The molecule has 3 heteroatoms. The van der Waals surface area contributed by atoms with Gasteiger partial charge in [-0.05, 0) is 29.7 Å². The van der Waals surface area contributed by atoms with Gasteiger partial charge in [-0.1, -0.05) is 32.0 Å². The van der Waals surface area contributed by atoms with Gasteiger partial charge in [0.1, 0.15) is 11.6 Å². The molecule has 0 fully saturated rings. The Morgan fingerprint density at radius 1 is 0.944 bits per heavy atom. The van der Waals surface area contributed by atoms with Gasteiger partial charge in [0.25, 0.3) is 0 Å². The summed E-state index contributed by atoms with van der Waals surface area (Å²) in [6, 6.07) is 11.0. The average Bonchev–Trinajstić information content (AvgIpc) is 2.34. The zero-order valence-electron chi connectivity index (χ0n) is 10.3. The number of ether oxygens (including phenoxy) is 1. The van der Waals surface area contributed by atoms with Crippen molar-refractivity contribution in [3.05, 3.63) is 59.7 Å². The van der Waals surface area contributed by atoms with Crippen LogP contribution in [0, 0.1) is 11.6 Å². The van der Waals surface area contributed by atoms with E-state index in [1.807, 2.05) is 19.9 Å². The van der Waals surface area contributed by atoms with Crippen LogP contribution >= 0.6 is 0 Å². The third kappa shape index (κ3) is 2.67. The Morgan fingerprint density at radius 2 is 1.61 bits per heavy atom. The Balaban J connectivity index is 2.33. The number of hydrogen-bond donors (Lipinski definition) is 0. The van der Waals surface area contributed by atoms with Crippen molar-refractivity contribution in [3.8, 4) is 11.5 Å². The van der Waals surface area contributed by atoms with Gasteiger partial charge >= 0.3 is 0 Å². The highest BCUT2D eigenvalue weighted by molar-refractivity contribution is 5.36. The molecular formula is C15H14F2O. The van der Waals surface area contributed by atoms with E-state index < -0.39 is 11.6 Å². The van der Waals surface area contributed by atoms with Gasteiger partial charge in [-0.15, -0.1) is 0 Å². The molecule has 0 aliphatic heterocycles. The van der Waals surface area contributed by atoms with E-state index in [9.17, 15) is 8.78 Å². The maximum atomic E-state index is 13.8. The highest BCUT2D eigenvalue weighted by atomic mass is 19.1. The quantitative estimate of drug-likeness (QED) is 0.752. The summed E-state index contributed by atoms with van der Waals surface area (Å²) in [6.45, 7) is 3.63. The molecule has 0 saturated carbocycles. The van der Waals surface area contributed by atoms with E-state index in [0.717, 1.165) is 6.07 Å². The minimum atomic E-state index is -0.552. The van der Waals surface area contributed by atoms with E-state index in [-0.39, 0.29) is 11.7 Å². The molecule has 2 aromatic rings. The van der Waals surface area contributed by atoms with Gasteiger partial charge in [0.05, 0.1) is 0 Å². The van der Waals surface area contributed by atoms with Gasteiger partial charge in [-0.3, -0.25) is 0 Å². The standard InChI is InChI=1S/C15H14F2O/c1-10(2)12-8-14(17)15(9-13(12)16)18-11-6-4-3-5-7-11/h3-10H,1-2H3. The first-order chi connectivity index (χ1) is 8.58. The average molecular weight is 248 g/mol. The number of rotatable bonds is 3. The lowest BCUT2D eigenvalue weighted by Crippen LogP contribution is -1.97. The lowest BCUT2D eigenvalue weighted by molar-refractivity contribution is 0.434. The predicted molar refractivity (Wildman–Crippen MR) is 67.0 cm³/mol. The first-order valence-corrected chi connectivity index (χ1v) is 5.79. The molecule has 1 nitrogen and oxygen atoms in total. The third-order valence-electron chi connectivity index (χ3n) is 2.64. The normalized spacial score (nSPS) is 10.7. The van der Waals surface area contributed by atoms with Crippen molar-refractivity contribution < 1.29 is 13.5 Å². The van der Waals surface area contributed by atoms with Crippen LogP contribution in [-0.4, -0.2) is 0 Å². The van der Waals surface area contributed by atoms with Crippen molar-refractivity contribution in [1.29, 1.82) is 0 Å². The van der Waals surface area contributed by atoms with E-state index in [1.165, 1.54) is 6.07 Å². The number of benzene rings is 2. The summed E-state index contributed by atoms with van der Waals surface area (Å²) < 4.78 is 32.8. The van der Waals surface area contributed by atoms with E-state index in [1.54, 1.807) is 24.3 Å². The highest BCUT2D eigenvalue weighted by Crippen LogP contribution is 2.29. The number of hydrogen-bond acceptors (Lipinski definition) is 1. The number of para-hydroxylation sites is 1. The van der Waals surface area contributed by atoms with Crippen LogP contribution in [0.4, 0.5) is 8.78 Å². The predicted octanol–water partition coefficient (Wildman–Crippen LogP) is 4.88. The second kappa shape index (κ2) is 5.17. The van der Waals surface area contributed by atoms with Crippen molar-refractivity contribution in [3.63, 3.8) is 0 Å². The fourth-order valence-corrected chi connectivity index (χ4v) is 1.68. The maximum absolute atomic E-state index is 13.8. The molecule has 0 unspecified atom stereocenters. The minimum Gasteiger partial charge on any atom is -0.454 e. The summed E-state index contributed by atoms with van der Waals surface area (Å²) in [5.74, 6) is -0.678. The Bertz CT molecular complexity index is 536. The summed E-state index contributed by atoms with van der Waals surface area (Å²) in [6.07, 6.45) is 0. The van der Waals surface area contributed by atoms with Gasteiger partial charge in [0.2, 0.25) is 0 Å². The van der Waals surface area contributed by atoms with Crippen molar-refractivity contribution in [1.82, 2.24) is 0 Å². The summed E-state index contributed by atoms with van der Waals surface area (Å²) in [5.41, 5.74) is 0.355. The molecule has 2 rings (SSSR count). The van der Waals surface area contributed by atoms with Gasteiger partial charge < -0.3 is 4.74 Å². The third-order valence-corrected chi connectivity index (χ3v) is 2.64. The monoisotopic (exact) mass is 248 g/mol. The van der Waals surface area contributed by atoms with Crippen molar-refractivity contribution in [2.24, 2.45) is 0 Å². The highest BCUT2D eigenvalue weighted by Gasteiger charge is 2.13. The molecule has 0 radical (unpaired) electrons. The van der Waals surface area contributed by atoms with Crippen molar-refractivity contribution in [2.75, 3.05) is 0 Å². The molecular weight excluding hydrogens is 234 g/mol. The Morgan fingerprint density at radius 3 is 2.22 bits per heavy atom. The number of halogens is 2. The second-order valence-electron chi connectivity index (χ2n) is 4.37. The SMILES string of the molecule is CC(C)c1cc(F)c(Oc2ccccc2)cc1F. The molecule has 0 bridgehead atoms. The van der Waals surface area contributed by atoms with Crippen molar-refractivity contribution in [2.45, 2.75) is 19.8 Å². The van der Waals surface area contributed by atoms with Crippen LogP contribution in [-0.2, 0) is 0 Å². The Labute approximate surface area is 105 Å². The molecule has 0 aromatic heterocycles. The van der Waals surface area contributed by atoms with Crippen LogP contribution in [0.2, 0.25) is 0 Å². The molecule has 0 amide bonds. The summed E-state index contributed by atoms with van der Waals surface area (Å²) in [7, 11) is 0. The molecule has 0 spiro atoms. The molecule has 0 aliphatic carbocycles. The molecule has 2 aromatic carbocycles. The summed E-state index contributed by atoms with van der Waals surface area (Å²) >= 11 is 0. The molecule has 0 heterocycles. The van der Waals surface area contributed by atoms with Crippen LogP contribution in [0.15, 0.2) is 42.5 Å². The lowest BCUT2D eigenvalue weighted by Gasteiger charge is -2.11. The Hall–Kier alpha value is -1.90. The van der Waals surface area contributed by atoms with E-state index in [4.69, 9.17) is 4.74 Å². The zero-order chi connectivity index (χ0) is 13.1. The topological polar surface area (TPSA) is 9.23 Å². The van der Waals surface area contributed by atoms with Crippen LogP contribution < -0.4 is 4.74 Å². The maximum Gasteiger partial charge on any atom is 0.166 e.